The molecule has 1 aliphatic rings. The van der Waals surface area contributed by atoms with E-state index in [1.165, 1.54) is 6.20 Å². The number of carbonyl (C=O) groups excluding carboxylic acids is 1. The number of hydrogen-bond donors (Lipinski definition) is 2. The number of amides is 1. The van der Waals surface area contributed by atoms with Crippen LogP contribution in [0, 0.1) is 0 Å². The third-order valence-electron chi connectivity index (χ3n) is 4.40. The van der Waals surface area contributed by atoms with Crippen LogP contribution in [0.25, 0.3) is 5.95 Å². The standard InChI is InChI=1S/C16H22N6O3S/c1-2-26(24,25)21-13-5-3-12(4-6-13)19-15(23)14-7-8-18-16(20-14)22-10-9-17-11-22/h7-13,21H,2-6H2,1H3,(H,19,23)/t12-,13-. The first-order valence-corrected chi connectivity index (χ1v) is 10.2. The Kier molecular flexibility index (Phi) is 5.62. The van der Waals surface area contributed by atoms with Crippen molar-refractivity contribution in [2.45, 2.75) is 44.7 Å². The van der Waals surface area contributed by atoms with E-state index in [-0.39, 0.29) is 29.4 Å². The summed E-state index contributed by atoms with van der Waals surface area (Å²) >= 11 is 0. The molecule has 1 aliphatic carbocycles. The maximum absolute atomic E-state index is 12.5. The Morgan fingerprint density at radius 1 is 1.23 bits per heavy atom. The predicted octanol–water partition coefficient (Wildman–Crippen LogP) is 0.643. The van der Waals surface area contributed by atoms with Gasteiger partial charge in [0.25, 0.3) is 5.91 Å². The number of nitrogens with one attached hydrogen (secondary N) is 2. The molecule has 0 saturated heterocycles. The predicted molar refractivity (Wildman–Crippen MR) is 95.3 cm³/mol. The quantitative estimate of drug-likeness (QED) is 0.761. The lowest BCUT2D eigenvalue weighted by molar-refractivity contribution is 0.0919. The molecule has 9 nitrogen and oxygen atoms in total. The summed E-state index contributed by atoms with van der Waals surface area (Å²) in [4.78, 5) is 24.8. The summed E-state index contributed by atoms with van der Waals surface area (Å²) in [6.45, 7) is 1.62. The molecular weight excluding hydrogens is 356 g/mol. The van der Waals surface area contributed by atoms with Crippen molar-refractivity contribution in [3.8, 4) is 5.95 Å². The average Bonchev–Trinajstić information content (AvgIpc) is 3.18. The maximum Gasteiger partial charge on any atom is 0.270 e. The third-order valence-corrected chi connectivity index (χ3v) is 5.85. The van der Waals surface area contributed by atoms with Crippen LogP contribution in [-0.2, 0) is 10.0 Å². The molecule has 0 bridgehead atoms. The highest BCUT2D eigenvalue weighted by molar-refractivity contribution is 7.89. The number of imidazole rings is 1. The summed E-state index contributed by atoms with van der Waals surface area (Å²) in [5, 5.41) is 2.97. The molecule has 2 N–H and O–H groups in total. The molecule has 10 heteroatoms. The lowest BCUT2D eigenvalue weighted by Gasteiger charge is -2.29. The lowest BCUT2D eigenvalue weighted by atomic mass is 9.92. The van der Waals surface area contributed by atoms with Gasteiger partial charge in [0.05, 0.1) is 5.75 Å². The minimum atomic E-state index is -3.19. The summed E-state index contributed by atoms with van der Waals surface area (Å²) in [5.41, 5.74) is 0.289. The number of aromatic nitrogens is 4. The Morgan fingerprint density at radius 3 is 2.62 bits per heavy atom. The molecule has 0 atom stereocenters. The van der Waals surface area contributed by atoms with E-state index >= 15 is 0 Å². The number of hydrogen-bond acceptors (Lipinski definition) is 6. The first-order chi connectivity index (χ1) is 12.5. The molecular formula is C16H22N6O3S. The van der Waals surface area contributed by atoms with Crippen LogP contribution in [0.2, 0.25) is 0 Å². The summed E-state index contributed by atoms with van der Waals surface area (Å²) < 4.78 is 27.6. The van der Waals surface area contributed by atoms with E-state index in [4.69, 9.17) is 0 Å². The van der Waals surface area contributed by atoms with E-state index in [2.05, 4.69) is 25.0 Å². The van der Waals surface area contributed by atoms with Crippen LogP contribution in [0.4, 0.5) is 0 Å². The molecule has 1 amide bonds. The number of carbonyl (C=O) groups is 1. The molecule has 0 aromatic carbocycles. The van der Waals surface area contributed by atoms with Crippen molar-refractivity contribution >= 4 is 15.9 Å². The van der Waals surface area contributed by atoms with Gasteiger partial charge in [0.15, 0.2) is 0 Å². The van der Waals surface area contributed by atoms with Crippen molar-refractivity contribution < 1.29 is 13.2 Å². The molecule has 26 heavy (non-hydrogen) atoms. The summed E-state index contributed by atoms with van der Waals surface area (Å²) in [5.74, 6) is 0.204. The van der Waals surface area contributed by atoms with Crippen molar-refractivity contribution in [3.63, 3.8) is 0 Å². The van der Waals surface area contributed by atoms with E-state index in [0.29, 0.717) is 18.8 Å². The van der Waals surface area contributed by atoms with Gasteiger partial charge in [-0.2, -0.15) is 0 Å². The first-order valence-electron chi connectivity index (χ1n) is 8.59. The zero-order valence-corrected chi connectivity index (χ0v) is 15.3. The zero-order chi connectivity index (χ0) is 18.6. The fourth-order valence-corrected chi connectivity index (χ4v) is 3.84. The summed E-state index contributed by atoms with van der Waals surface area (Å²) in [6, 6.07) is 1.52. The highest BCUT2D eigenvalue weighted by Gasteiger charge is 2.25. The molecule has 0 unspecified atom stereocenters. The lowest BCUT2D eigenvalue weighted by Crippen LogP contribution is -2.44. The summed E-state index contributed by atoms with van der Waals surface area (Å²) in [7, 11) is -3.19. The van der Waals surface area contributed by atoms with Gasteiger partial charge in [0.2, 0.25) is 16.0 Å². The second kappa shape index (κ2) is 7.92. The van der Waals surface area contributed by atoms with Gasteiger partial charge < -0.3 is 5.32 Å². The Morgan fingerprint density at radius 2 is 1.96 bits per heavy atom. The van der Waals surface area contributed by atoms with Crippen LogP contribution in [0.15, 0.2) is 31.0 Å². The van der Waals surface area contributed by atoms with Gasteiger partial charge in [-0.05, 0) is 38.7 Å². The van der Waals surface area contributed by atoms with Crippen LogP contribution < -0.4 is 10.0 Å². The SMILES string of the molecule is CCS(=O)(=O)N[C@H]1CC[C@H](NC(=O)c2ccnc(-n3ccnc3)n2)CC1. The molecule has 3 rings (SSSR count). The summed E-state index contributed by atoms with van der Waals surface area (Å²) in [6.07, 6.45) is 9.27. The van der Waals surface area contributed by atoms with Crippen LogP contribution in [-0.4, -0.2) is 51.7 Å². The van der Waals surface area contributed by atoms with E-state index in [1.54, 1.807) is 36.3 Å². The van der Waals surface area contributed by atoms with Crippen LogP contribution >= 0.6 is 0 Å². The van der Waals surface area contributed by atoms with Gasteiger partial charge in [-0.3, -0.25) is 9.36 Å². The van der Waals surface area contributed by atoms with E-state index in [9.17, 15) is 13.2 Å². The first kappa shape index (κ1) is 18.5. The minimum Gasteiger partial charge on any atom is -0.348 e. The van der Waals surface area contributed by atoms with Crippen molar-refractivity contribution in [3.05, 3.63) is 36.7 Å². The Balaban J connectivity index is 1.56. The molecule has 0 radical (unpaired) electrons. The Bertz CT molecular complexity index is 845. The number of sulfonamides is 1. The average molecular weight is 378 g/mol. The topological polar surface area (TPSA) is 119 Å². The normalized spacial score (nSPS) is 20.7. The molecule has 1 fully saturated rings. The van der Waals surface area contributed by atoms with E-state index < -0.39 is 10.0 Å². The molecule has 2 aromatic rings. The Hall–Kier alpha value is -2.33. The molecule has 0 spiro atoms. The number of nitrogens with zero attached hydrogens (tertiary/aromatic N) is 4. The van der Waals surface area contributed by atoms with Gasteiger partial charge in [-0.25, -0.2) is 28.1 Å². The monoisotopic (exact) mass is 378 g/mol. The number of rotatable bonds is 6. The smallest absolute Gasteiger partial charge is 0.270 e. The molecule has 2 aromatic heterocycles. The van der Waals surface area contributed by atoms with Crippen LogP contribution in [0.5, 0.6) is 0 Å². The molecule has 0 aliphatic heterocycles. The molecule has 140 valence electrons. The van der Waals surface area contributed by atoms with Crippen molar-refractivity contribution in [1.29, 1.82) is 0 Å². The second-order valence-electron chi connectivity index (χ2n) is 6.26. The van der Waals surface area contributed by atoms with Crippen molar-refractivity contribution in [2.24, 2.45) is 0 Å². The third kappa shape index (κ3) is 4.64. The Labute approximate surface area is 152 Å². The van der Waals surface area contributed by atoms with Gasteiger partial charge in [-0.1, -0.05) is 0 Å². The maximum atomic E-state index is 12.5. The van der Waals surface area contributed by atoms with Crippen molar-refractivity contribution in [1.82, 2.24) is 29.6 Å². The van der Waals surface area contributed by atoms with Crippen LogP contribution in [0.1, 0.15) is 43.1 Å². The van der Waals surface area contributed by atoms with E-state index in [0.717, 1.165) is 12.8 Å². The highest BCUT2D eigenvalue weighted by atomic mass is 32.2. The van der Waals surface area contributed by atoms with Gasteiger partial charge in [-0.15, -0.1) is 0 Å². The minimum absolute atomic E-state index is 0.0107. The van der Waals surface area contributed by atoms with Gasteiger partial charge >= 0.3 is 0 Å². The van der Waals surface area contributed by atoms with Crippen molar-refractivity contribution in [2.75, 3.05) is 5.75 Å². The van der Waals surface area contributed by atoms with E-state index in [1.807, 2.05) is 0 Å². The van der Waals surface area contributed by atoms with Gasteiger partial charge in [0.1, 0.15) is 12.0 Å². The van der Waals surface area contributed by atoms with Gasteiger partial charge in [0, 0.05) is 30.7 Å². The highest BCUT2D eigenvalue weighted by Crippen LogP contribution is 2.19. The molecule has 1 saturated carbocycles. The fraction of sp³-hybridized carbons (Fsp3) is 0.500. The largest absolute Gasteiger partial charge is 0.348 e. The fourth-order valence-electron chi connectivity index (χ4n) is 2.93. The zero-order valence-electron chi connectivity index (χ0n) is 14.5. The second-order valence-corrected chi connectivity index (χ2v) is 8.30. The van der Waals surface area contributed by atoms with Crippen LogP contribution in [0.3, 0.4) is 0 Å². The molecule has 2 heterocycles.